The second kappa shape index (κ2) is 5.11. The molecule has 0 aromatic heterocycles. The van der Waals surface area contributed by atoms with Crippen LogP contribution in [0.5, 0.6) is 0 Å². The van der Waals surface area contributed by atoms with Gasteiger partial charge in [-0.1, -0.05) is 42.5 Å². The Morgan fingerprint density at radius 1 is 1.00 bits per heavy atom. The molecule has 3 unspecified atom stereocenters. The van der Waals surface area contributed by atoms with E-state index < -0.39 is 0 Å². The molecule has 2 N–H and O–H groups in total. The maximum atomic E-state index is 6.22. The summed E-state index contributed by atoms with van der Waals surface area (Å²) in [7, 11) is 0. The molecule has 2 aliphatic rings. The maximum Gasteiger partial charge on any atom is 0.0331 e. The monoisotopic (exact) mass is 280 g/mol. The summed E-state index contributed by atoms with van der Waals surface area (Å²) >= 11 is 0. The van der Waals surface area contributed by atoms with Crippen LogP contribution in [-0.4, -0.2) is 23.0 Å². The predicted octanol–water partition coefficient (Wildman–Crippen LogP) is 3.85. The molecule has 2 heterocycles. The maximum absolute atomic E-state index is 6.22. The van der Waals surface area contributed by atoms with Gasteiger partial charge < -0.3 is 5.73 Å². The van der Waals surface area contributed by atoms with Crippen molar-refractivity contribution >= 4 is 10.8 Å². The van der Waals surface area contributed by atoms with E-state index in [2.05, 4.69) is 54.3 Å². The lowest BCUT2D eigenvalue weighted by Gasteiger charge is -2.42. The molecule has 21 heavy (non-hydrogen) atoms. The molecule has 110 valence electrons. The van der Waals surface area contributed by atoms with Gasteiger partial charge in [-0.05, 0) is 48.9 Å². The average molecular weight is 280 g/mol. The molecular formula is C19H24N2. The van der Waals surface area contributed by atoms with Crippen molar-refractivity contribution in [2.45, 2.75) is 56.8 Å². The molecular weight excluding hydrogens is 256 g/mol. The highest BCUT2D eigenvalue weighted by Gasteiger charge is 2.42. The smallest absolute Gasteiger partial charge is 0.0331 e. The molecule has 2 aliphatic heterocycles. The van der Waals surface area contributed by atoms with Crippen molar-refractivity contribution in [2.24, 2.45) is 5.73 Å². The number of nitrogens with zero attached hydrogens (tertiary/aromatic N) is 1. The summed E-state index contributed by atoms with van der Waals surface area (Å²) < 4.78 is 0. The summed E-state index contributed by atoms with van der Waals surface area (Å²) in [4.78, 5) is 2.76. The normalized spacial score (nSPS) is 30.7. The zero-order valence-corrected chi connectivity index (χ0v) is 12.7. The topological polar surface area (TPSA) is 29.3 Å². The minimum Gasteiger partial charge on any atom is -0.328 e. The van der Waals surface area contributed by atoms with Gasteiger partial charge in [0.05, 0.1) is 0 Å². The summed E-state index contributed by atoms with van der Waals surface area (Å²) in [6, 6.07) is 17.8. The number of hydrogen-bond acceptors (Lipinski definition) is 2. The van der Waals surface area contributed by atoms with Crippen LogP contribution in [0.4, 0.5) is 0 Å². The zero-order valence-electron chi connectivity index (χ0n) is 12.7. The van der Waals surface area contributed by atoms with Crippen molar-refractivity contribution < 1.29 is 0 Å². The van der Waals surface area contributed by atoms with Gasteiger partial charge in [0, 0.05) is 24.2 Å². The van der Waals surface area contributed by atoms with Gasteiger partial charge in [-0.3, -0.25) is 4.90 Å². The van der Waals surface area contributed by atoms with Crippen molar-refractivity contribution in [3.05, 3.63) is 48.0 Å². The molecule has 4 rings (SSSR count). The zero-order chi connectivity index (χ0) is 14.4. The van der Waals surface area contributed by atoms with Crippen LogP contribution in [0.3, 0.4) is 0 Å². The Labute approximate surface area is 126 Å². The lowest BCUT2D eigenvalue weighted by Crippen LogP contribution is -2.48. The quantitative estimate of drug-likeness (QED) is 0.905. The molecule has 2 heteroatoms. The van der Waals surface area contributed by atoms with Crippen LogP contribution in [0.1, 0.15) is 44.2 Å². The van der Waals surface area contributed by atoms with Crippen LogP contribution in [0.25, 0.3) is 10.8 Å². The summed E-state index contributed by atoms with van der Waals surface area (Å²) in [5.74, 6) is 0. The predicted molar refractivity (Wildman–Crippen MR) is 88.2 cm³/mol. The third-order valence-electron chi connectivity index (χ3n) is 5.55. The molecule has 2 saturated heterocycles. The molecule has 0 aliphatic carbocycles. The third-order valence-corrected chi connectivity index (χ3v) is 5.55. The molecule has 0 amide bonds. The van der Waals surface area contributed by atoms with Crippen LogP contribution in [-0.2, 0) is 0 Å². The Kier molecular flexibility index (Phi) is 3.24. The Hall–Kier alpha value is -1.38. The molecule has 2 bridgehead atoms. The average Bonchev–Trinajstić information content (AvgIpc) is 2.78. The van der Waals surface area contributed by atoms with Gasteiger partial charge in [0.1, 0.15) is 0 Å². The van der Waals surface area contributed by atoms with Crippen LogP contribution in [0, 0.1) is 0 Å². The van der Waals surface area contributed by atoms with E-state index in [9.17, 15) is 0 Å². The molecule has 3 atom stereocenters. The SMILES string of the molecule is CC(c1cccc2ccccc12)N1C2CCC1CC(N)C2. The summed E-state index contributed by atoms with van der Waals surface area (Å²) in [5.41, 5.74) is 7.69. The number of hydrogen-bond donors (Lipinski definition) is 1. The second-order valence-corrected chi connectivity index (χ2v) is 6.81. The van der Waals surface area contributed by atoms with Crippen molar-refractivity contribution in [2.75, 3.05) is 0 Å². The lowest BCUT2D eigenvalue weighted by atomic mass is 9.92. The van der Waals surface area contributed by atoms with E-state index in [4.69, 9.17) is 5.73 Å². The second-order valence-electron chi connectivity index (χ2n) is 6.81. The first-order valence-corrected chi connectivity index (χ1v) is 8.24. The van der Waals surface area contributed by atoms with Crippen molar-refractivity contribution in [3.8, 4) is 0 Å². The number of benzene rings is 2. The fourth-order valence-electron chi connectivity index (χ4n) is 4.66. The Morgan fingerprint density at radius 2 is 1.67 bits per heavy atom. The highest BCUT2D eigenvalue weighted by atomic mass is 15.2. The van der Waals surface area contributed by atoms with E-state index in [-0.39, 0.29) is 0 Å². The number of fused-ring (bicyclic) bond motifs is 3. The van der Waals surface area contributed by atoms with Crippen LogP contribution < -0.4 is 5.73 Å². The Bertz CT molecular complexity index is 632. The first-order chi connectivity index (χ1) is 10.2. The van der Waals surface area contributed by atoms with Gasteiger partial charge in [0.25, 0.3) is 0 Å². The Balaban J connectivity index is 1.72. The molecule has 0 spiro atoms. The van der Waals surface area contributed by atoms with E-state index in [0.29, 0.717) is 24.2 Å². The van der Waals surface area contributed by atoms with Crippen molar-refractivity contribution in [1.29, 1.82) is 0 Å². The van der Waals surface area contributed by atoms with Crippen LogP contribution in [0.15, 0.2) is 42.5 Å². The number of rotatable bonds is 2. The van der Waals surface area contributed by atoms with Gasteiger partial charge in [0.15, 0.2) is 0 Å². The molecule has 2 aromatic carbocycles. The fraction of sp³-hybridized carbons (Fsp3) is 0.474. The summed E-state index contributed by atoms with van der Waals surface area (Å²) in [5, 5.41) is 2.75. The van der Waals surface area contributed by atoms with E-state index >= 15 is 0 Å². The van der Waals surface area contributed by atoms with E-state index in [1.165, 1.54) is 42.0 Å². The van der Waals surface area contributed by atoms with E-state index in [0.717, 1.165) is 0 Å². The van der Waals surface area contributed by atoms with E-state index in [1.807, 2.05) is 0 Å². The standard InChI is InChI=1S/C19H24N2/c1-13(21-16-9-10-17(21)12-15(20)11-16)18-8-4-6-14-5-2-3-7-19(14)18/h2-8,13,15-17H,9-12,20H2,1H3. The Morgan fingerprint density at radius 3 is 2.43 bits per heavy atom. The molecule has 0 saturated carbocycles. The minimum absolute atomic E-state index is 0.415. The minimum atomic E-state index is 0.415. The highest BCUT2D eigenvalue weighted by Crippen LogP contribution is 2.42. The first-order valence-electron chi connectivity index (χ1n) is 8.24. The van der Waals surface area contributed by atoms with Gasteiger partial charge in [-0.2, -0.15) is 0 Å². The third kappa shape index (κ3) is 2.18. The largest absolute Gasteiger partial charge is 0.328 e. The molecule has 2 fully saturated rings. The molecule has 2 nitrogen and oxygen atoms in total. The van der Waals surface area contributed by atoms with Gasteiger partial charge in [-0.25, -0.2) is 0 Å². The summed E-state index contributed by atoms with van der Waals surface area (Å²) in [6.07, 6.45) is 5.00. The van der Waals surface area contributed by atoms with Crippen molar-refractivity contribution in [1.82, 2.24) is 4.90 Å². The highest BCUT2D eigenvalue weighted by molar-refractivity contribution is 5.86. The molecule has 0 radical (unpaired) electrons. The lowest BCUT2D eigenvalue weighted by molar-refractivity contribution is 0.0860. The van der Waals surface area contributed by atoms with Crippen molar-refractivity contribution in [3.63, 3.8) is 0 Å². The fourth-order valence-corrected chi connectivity index (χ4v) is 4.66. The van der Waals surface area contributed by atoms with Gasteiger partial charge in [0.2, 0.25) is 0 Å². The summed E-state index contributed by atoms with van der Waals surface area (Å²) in [6.45, 7) is 2.38. The number of piperidine rings is 1. The van der Waals surface area contributed by atoms with Crippen LogP contribution >= 0.6 is 0 Å². The first kappa shape index (κ1) is 13.3. The van der Waals surface area contributed by atoms with Gasteiger partial charge in [-0.15, -0.1) is 0 Å². The number of nitrogens with two attached hydrogens (primary N) is 1. The van der Waals surface area contributed by atoms with Gasteiger partial charge >= 0.3 is 0 Å². The van der Waals surface area contributed by atoms with Crippen LogP contribution in [0.2, 0.25) is 0 Å². The molecule has 2 aromatic rings. The van der Waals surface area contributed by atoms with E-state index in [1.54, 1.807) is 0 Å².